The summed E-state index contributed by atoms with van der Waals surface area (Å²) in [5, 5.41) is 5.33. The Labute approximate surface area is 153 Å². The lowest BCUT2D eigenvalue weighted by molar-refractivity contribution is -0.130. The summed E-state index contributed by atoms with van der Waals surface area (Å²) >= 11 is 0. The van der Waals surface area contributed by atoms with Crippen molar-refractivity contribution < 1.29 is 14.3 Å². The van der Waals surface area contributed by atoms with E-state index >= 15 is 0 Å². The average molecular weight is 353 g/mol. The molecule has 2 aromatic carbocycles. The Bertz CT molecular complexity index is 774. The van der Waals surface area contributed by atoms with Gasteiger partial charge in [0.2, 0.25) is 5.91 Å². The maximum atomic E-state index is 12.3. The number of urea groups is 1. The van der Waals surface area contributed by atoms with Crippen molar-refractivity contribution in [3.8, 4) is 5.75 Å². The lowest BCUT2D eigenvalue weighted by Gasteiger charge is -2.29. The Hall–Kier alpha value is -3.02. The van der Waals surface area contributed by atoms with Crippen molar-refractivity contribution in [3.63, 3.8) is 0 Å². The van der Waals surface area contributed by atoms with Crippen molar-refractivity contribution in [1.82, 2.24) is 10.2 Å². The van der Waals surface area contributed by atoms with Gasteiger partial charge in [0.1, 0.15) is 5.75 Å². The van der Waals surface area contributed by atoms with Crippen molar-refractivity contribution in [3.05, 3.63) is 59.7 Å². The third kappa shape index (κ3) is 4.53. The van der Waals surface area contributed by atoms with Gasteiger partial charge < -0.3 is 20.3 Å². The zero-order valence-electron chi connectivity index (χ0n) is 14.8. The van der Waals surface area contributed by atoms with Crippen LogP contribution in [0.15, 0.2) is 48.5 Å². The monoisotopic (exact) mass is 353 g/mol. The van der Waals surface area contributed by atoms with Gasteiger partial charge in [0, 0.05) is 18.8 Å². The van der Waals surface area contributed by atoms with E-state index in [4.69, 9.17) is 4.74 Å². The van der Waals surface area contributed by atoms with Gasteiger partial charge in [-0.2, -0.15) is 0 Å². The predicted molar refractivity (Wildman–Crippen MR) is 100 cm³/mol. The summed E-state index contributed by atoms with van der Waals surface area (Å²) in [5.41, 5.74) is 3.11. The molecule has 2 aromatic rings. The topological polar surface area (TPSA) is 70.7 Å². The van der Waals surface area contributed by atoms with Gasteiger partial charge >= 0.3 is 6.03 Å². The molecule has 0 saturated heterocycles. The average Bonchev–Trinajstić information content (AvgIpc) is 2.67. The first kappa shape index (κ1) is 17.8. The number of hydrogen-bond donors (Lipinski definition) is 2. The number of carbonyl (C=O) groups is 2. The van der Waals surface area contributed by atoms with Gasteiger partial charge in [0.15, 0.2) is 0 Å². The van der Waals surface area contributed by atoms with Gasteiger partial charge in [0.05, 0.1) is 13.2 Å². The van der Waals surface area contributed by atoms with E-state index in [1.54, 1.807) is 29.2 Å². The summed E-state index contributed by atoms with van der Waals surface area (Å²) in [6.07, 6.45) is 0.848. The molecule has 2 N–H and O–H groups in total. The van der Waals surface area contributed by atoms with E-state index in [1.807, 2.05) is 25.1 Å². The van der Waals surface area contributed by atoms with E-state index in [-0.39, 0.29) is 12.5 Å². The molecule has 26 heavy (non-hydrogen) atoms. The maximum absolute atomic E-state index is 12.3. The molecule has 0 bridgehead atoms. The van der Waals surface area contributed by atoms with Crippen LogP contribution in [0.3, 0.4) is 0 Å². The smallest absolute Gasteiger partial charge is 0.319 e. The number of benzene rings is 2. The number of amides is 3. The van der Waals surface area contributed by atoms with Crippen LogP contribution in [0.25, 0.3) is 0 Å². The summed E-state index contributed by atoms with van der Waals surface area (Å²) in [5.74, 6) is 0.667. The molecular formula is C20H23N3O3. The number of anilines is 1. The van der Waals surface area contributed by atoms with Crippen LogP contribution in [0.5, 0.6) is 5.75 Å². The molecule has 0 aliphatic carbocycles. The lowest BCUT2D eigenvalue weighted by atomic mass is 10.00. The minimum atomic E-state index is -0.403. The van der Waals surface area contributed by atoms with Gasteiger partial charge in [-0.05, 0) is 48.7 Å². The van der Waals surface area contributed by atoms with Crippen LogP contribution in [0.2, 0.25) is 0 Å². The Kier molecular flexibility index (Phi) is 5.73. The van der Waals surface area contributed by atoms with E-state index < -0.39 is 6.03 Å². The SMILES string of the molecule is CCOc1ccc(NC(=O)NCC(=O)N2CCc3ccccc3C2)cc1. The zero-order valence-corrected chi connectivity index (χ0v) is 14.8. The third-order valence-electron chi connectivity index (χ3n) is 4.31. The number of carbonyl (C=O) groups excluding carboxylic acids is 2. The quantitative estimate of drug-likeness (QED) is 0.868. The first-order valence-electron chi connectivity index (χ1n) is 8.78. The van der Waals surface area contributed by atoms with Crippen molar-refractivity contribution in [2.75, 3.05) is 25.0 Å². The second-order valence-corrected chi connectivity index (χ2v) is 6.10. The number of rotatable bonds is 5. The van der Waals surface area contributed by atoms with Gasteiger partial charge in [-0.25, -0.2) is 4.79 Å². The van der Waals surface area contributed by atoms with Crippen LogP contribution < -0.4 is 15.4 Å². The second-order valence-electron chi connectivity index (χ2n) is 6.10. The van der Waals surface area contributed by atoms with Gasteiger partial charge in [-0.1, -0.05) is 24.3 Å². The summed E-state index contributed by atoms with van der Waals surface area (Å²) < 4.78 is 5.36. The molecule has 0 radical (unpaired) electrons. The minimum Gasteiger partial charge on any atom is -0.494 e. The highest BCUT2D eigenvalue weighted by Gasteiger charge is 2.20. The largest absolute Gasteiger partial charge is 0.494 e. The molecule has 0 atom stereocenters. The fourth-order valence-corrected chi connectivity index (χ4v) is 2.95. The molecule has 1 aliphatic rings. The van der Waals surface area contributed by atoms with E-state index in [0.29, 0.717) is 25.4 Å². The van der Waals surface area contributed by atoms with Crippen LogP contribution in [0.4, 0.5) is 10.5 Å². The molecular weight excluding hydrogens is 330 g/mol. The summed E-state index contributed by atoms with van der Waals surface area (Å²) in [4.78, 5) is 26.1. The summed E-state index contributed by atoms with van der Waals surface area (Å²) in [7, 11) is 0. The number of nitrogens with one attached hydrogen (secondary N) is 2. The first-order chi connectivity index (χ1) is 12.7. The Morgan fingerprint density at radius 3 is 2.54 bits per heavy atom. The zero-order chi connectivity index (χ0) is 18.4. The molecule has 3 rings (SSSR count). The fourth-order valence-electron chi connectivity index (χ4n) is 2.95. The number of hydrogen-bond acceptors (Lipinski definition) is 3. The Morgan fingerprint density at radius 2 is 1.81 bits per heavy atom. The van der Waals surface area contributed by atoms with Gasteiger partial charge in [-0.15, -0.1) is 0 Å². The molecule has 0 spiro atoms. The Balaban J connectivity index is 1.46. The molecule has 6 heteroatoms. The van der Waals surface area contributed by atoms with Gasteiger partial charge in [-0.3, -0.25) is 4.79 Å². The molecule has 1 aliphatic heterocycles. The van der Waals surface area contributed by atoms with E-state index in [2.05, 4.69) is 16.7 Å². The van der Waals surface area contributed by atoms with E-state index in [0.717, 1.165) is 12.2 Å². The molecule has 136 valence electrons. The maximum Gasteiger partial charge on any atom is 0.319 e. The molecule has 0 aromatic heterocycles. The molecule has 6 nitrogen and oxygen atoms in total. The van der Waals surface area contributed by atoms with Crippen molar-refractivity contribution in [2.24, 2.45) is 0 Å². The summed E-state index contributed by atoms with van der Waals surface area (Å²) in [6.45, 7) is 3.76. The Morgan fingerprint density at radius 1 is 1.08 bits per heavy atom. The van der Waals surface area contributed by atoms with Crippen LogP contribution in [-0.4, -0.2) is 36.5 Å². The molecule has 0 saturated carbocycles. The van der Waals surface area contributed by atoms with E-state index in [1.165, 1.54) is 11.1 Å². The second kappa shape index (κ2) is 8.38. The minimum absolute atomic E-state index is 0.0228. The van der Waals surface area contributed by atoms with Crippen LogP contribution in [0.1, 0.15) is 18.1 Å². The number of nitrogens with zero attached hydrogens (tertiary/aromatic N) is 1. The lowest BCUT2D eigenvalue weighted by Crippen LogP contribution is -2.43. The number of fused-ring (bicyclic) bond motifs is 1. The third-order valence-corrected chi connectivity index (χ3v) is 4.31. The normalized spacial score (nSPS) is 12.9. The van der Waals surface area contributed by atoms with Crippen molar-refractivity contribution in [2.45, 2.75) is 19.9 Å². The summed E-state index contributed by atoms with van der Waals surface area (Å²) in [6, 6.07) is 14.8. The van der Waals surface area contributed by atoms with Gasteiger partial charge in [0.25, 0.3) is 0 Å². The van der Waals surface area contributed by atoms with E-state index in [9.17, 15) is 9.59 Å². The first-order valence-corrected chi connectivity index (χ1v) is 8.78. The standard InChI is InChI=1S/C20H23N3O3/c1-2-26-18-9-7-17(8-10-18)22-20(25)21-13-19(24)23-12-11-15-5-3-4-6-16(15)14-23/h3-10H,2,11-14H2,1H3,(H2,21,22,25). The van der Waals surface area contributed by atoms with Crippen LogP contribution in [-0.2, 0) is 17.8 Å². The molecule has 3 amide bonds. The van der Waals surface area contributed by atoms with Crippen LogP contribution in [0, 0.1) is 0 Å². The molecule has 1 heterocycles. The highest BCUT2D eigenvalue weighted by molar-refractivity contribution is 5.92. The van der Waals surface area contributed by atoms with Crippen molar-refractivity contribution >= 4 is 17.6 Å². The predicted octanol–water partition coefficient (Wildman–Crippen LogP) is 2.79. The highest BCUT2D eigenvalue weighted by atomic mass is 16.5. The van der Waals surface area contributed by atoms with Crippen molar-refractivity contribution in [1.29, 1.82) is 0 Å². The fraction of sp³-hybridized carbons (Fsp3) is 0.300. The molecule has 0 unspecified atom stereocenters. The van der Waals surface area contributed by atoms with Crippen LogP contribution >= 0.6 is 0 Å². The highest BCUT2D eigenvalue weighted by Crippen LogP contribution is 2.18. The number of ether oxygens (including phenoxy) is 1. The molecule has 0 fully saturated rings.